The van der Waals surface area contributed by atoms with E-state index in [2.05, 4.69) is 0 Å². The highest BCUT2D eigenvalue weighted by atomic mass is 32.2. The van der Waals surface area contributed by atoms with Crippen molar-refractivity contribution < 1.29 is 17.6 Å². The number of amides is 1. The Balaban J connectivity index is 2.10. The highest BCUT2D eigenvalue weighted by Crippen LogP contribution is 2.33. The van der Waals surface area contributed by atoms with Crippen molar-refractivity contribution in [3.05, 3.63) is 53.8 Å². The van der Waals surface area contributed by atoms with E-state index in [0.29, 0.717) is 12.2 Å². The molecule has 2 aromatic rings. The molecular formula is C20H20FN3O3S. The Hall–Kier alpha value is -2.92. The lowest BCUT2D eigenvalue weighted by Crippen LogP contribution is -2.35. The van der Waals surface area contributed by atoms with Crippen LogP contribution in [0, 0.1) is 17.1 Å². The van der Waals surface area contributed by atoms with Crippen LogP contribution in [0.15, 0.2) is 47.4 Å². The zero-order valence-corrected chi connectivity index (χ0v) is 16.2. The number of rotatable bonds is 5. The molecule has 28 heavy (non-hydrogen) atoms. The van der Waals surface area contributed by atoms with Gasteiger partial charge in [0.05, 0.1) is 23.1 Å². The van der Waals surface area contributed by atoms with Crippen LogP contribution in [0.5, 0.6) is 0 Å². The molecule has 0 unspecified atom stereocenters. The maximum atomic E-state index is 14.3. The molecule has 0 N–H and O–H groups in total. The number of hydrogen-bond donors (Lipinski definition) is 0. The van der Waals surface area contributed by atoms with E-state index in [4.69, 9.17) is 5.26 Å². The van der Waals surface area contributed by atoms with Crippen LogP contribution in [0.3, 0.4) is 0 Å². The minimum Gasteiger partial charge on any atom is -0.312 e. The number of fused-ring (bicyclic) bond motifs is 1. The predicted molar refractivity (Wildman–Crippen MR) is 104 cm³/mol. The summed E-state index contributed by atoms with van der Waals surface area (Å²) in [5.41, 5.74) is 1.35. The number of sulfonamides is 1. The van der Waals surface area contributed by atoms with Crippen molar-refractivity contribution in [3.63, 3.8) is 0 Å². The van der Waals surface area contributed by atoms with E-state index >= 15 is 0 Å². The summed E-state index contributed by atoms with van der Waals surface area (Å²) < 4.78 is 41.8. The monoisotopic (exact) mass is 401 g/mol. The van der Waals surface area contributed by atoms with Crippen LogP contribution >= 0.6 is 0 Å². The Morgan fingerprint density at radius 3 is 2.71 bits per heavy atom. The van der Waals surface area contributed by atoms with Gasteiger partial charge in [0.1, 0.15) is 5.82 Å². The predicted octanol–water partition coefficient (Wildman–Crippen LogP) is 3.23. The molecule has 0 aliphatic carbocycles. The summed E-state index contributed by atoms with van der Waals surface area (Å²) in [5, 5.41) is 8.91. The van der Waals surface area contributed by atoms with Gasteiger partial charge in [0.2, 0.25) is 5.91 Å². The van der Waals surface area contributed by atoms with Crippen LogP contribution in [-0.2, 0) is 21.2 Å². The van der Waals surface area contributed by atoms with Gasteiger partial charge in [0, 0.05) is 25.7 Å². The minimum absolute atomic E-state index is 0.0411. The van der Waals surface area contributed by atoms with Crippen LogP contribution in [0.4, 0.5) is 15.8 Å². The third kappa shape index (κ3) is 3.71. The second kappa shape index (κ2) is 7.98. The zero-order valence-electron chi connectivity index (χ0n) is 15.4. The summed E-state index contributed by atoms with van der Waals surface area (Å²) in [7, 11) is -4.13. The number of benzene rings is 2. The van der Waals surface area contributed by atoms with Crippen molar-refractivity contribution in [3.8, 4) is 6.07 Å². The Bertz CT molecular complexity index is 1050. The Kier molecular flexibility index (Phi) is 5.66. The third-order valence-electron chi connectivity index (χ3n) is 4.69. The summed E-state index contributed by atoms with van der Waals surface area (Å²) in [6.45, 7) is 1.79. The molecule has 1 heterocycles. The van der Waals surface area contributed by atoms with E-state index in [1.54, 1.807) is 11.0 Å². The molecule has 0 fully saturated rings. The number of carbonyl (C=O) groups excluding carboxylic acids is 1. The number of nitrogens with zero attached hydrogens (tertiary/aromatic N) is 3. The second-order valence-corrected chi connectivity index (χ2v) is 8.36. The van der Waals surface area contributed by atoms with Crippen molar-refractivity contribution in [2.45, 2.75) is 31.1 Å². The van der Waals surface area contributed by atoms with Gasteiger partial charge in [-0.25, -0.2) is 12.8 Å². The van der Waals surface area contributed by atoms with E-state index < -0.39 is 15.8 Å². The van der Waals surface area contributed by atoms with Crippen LogP contribution < -0.4 is 9.21 Å². The Morgan fingerprint density at radius 1 is 1.29 bits per heavy atom. The van der Waals surface area contributed by atoms with Gasteiger partial charge in [-0.2, -0.15) is 5.26 Å². The van der Waals surface area contributed by atoms with Gasteiger partial charge >= 0.3 is 0 Å². The Morgan fingerprint density at radius 2 is 2.04 bits per heavy atom. The lowest BCUT2D eigenvalue weighted by molar-refractivity contribution is -0.116. The molecule has 8 heteroatoms. The molecule has 146 valence electrons. The third-order valence-corrected chi connectivity index (χ3v) is 6.50. The van der Waals surface area contributed by atoms with E-state index in [-0.39, 0.29) is 29.5 Å². The van der Waals surface area contributed by atoms with Crippen LogP contribution in [-0.4, -0.2) is 27.4 Å². The average Bonchev–Trinajstić information content (AvgIpc) is 2.68. The topological polar surface area (TPSA) is 81.5 Å². The molecule has 0 saturated heterocycles. The summed E-state index contributed by atoms with van der Waals surface area (Å²) >= 11 is 0. The standard InChI is InChI=1S/C20H20FN3O3S/c1-15(25)23-12-4-6-16-9-10-17(14-20(16)23)28(26,27)24(13-5-11-22)19-8-3-2-7-18(19)21/h2-3,7-10,14H,4-6,12-13H2,1H3. The zero-order chi connectivity index (χ0) is 20.3. The van der Waals surface area contributed by atoms with E-state index in [1.807, 2.05) is 6.07 Å². The van der Waals surface area contributed by atoms with Crippen molar-refractivity contribution >= 4 is 27.3 Å². The fraction of sp³-hybridized carbons (Fsp3) is 0.300. The summed E-state index contributed by atoms with van der Waals surface area (Å²) in [6.07, 6.45) is 1.48. The maximum absolute atomic E-state index is 14.3. The molecule has 1 aliphatic rings. The van der Waals surface area contributed by atoms with Gasteiger partial charge in [-0.15, -0.1) is 0 Å². The summed E-state index contributed by atoms with van der Waals surface area (Å²) in [4.78, 5) is 13.5. The fourth-order valence-corrected chi connectivity index (χ4v) is 4.84. The van der Waals surface area contributed by atoms with Gasteiger partial charge < -0.3 is 4.90 Å². The lowest BCUT2D eigenvalue weighted by atomic mass is 10.0. The summed E-state index contributed by atoms with van der Waals surface area (Å²) in [5.74, 6) is -0.849. The molecule has 0 atom stereocenters. The molecule has 3 rings (SSSR count). The highest BCUT2D eigenvalue weighted by Gasteiger charge is 2.29. The van der Waals surface area contributed by atoms with Gasteiger partial charge in [0.25, 0.3) is 10.0 Å². The first-order valence-electron chi connectivity index (χ1n) is 8.91. The molecule has 1 amide bonds. The molecule has 2 aromatic carbocycles. The Labute approximate surface area is 163 Å². The van der Waals surface area contributed by atoms with Crippen molar-refractivity contribution in [1.29, 1.82) is 5.26 Å². The lowest BCUT2D eigenvalue weighted by Gasteiger charge is -2.30. The smallest absolute Gasteiger partial charge is 0.264 e. The van der Waals surface area contributed by atoms with Crippen LogP contribution in [0.2, 0.25) is 0 Å². The number of anilines is 2. The van der Waals surface area contributed by atoms with Crippen molar-refractivity contribution in [1.82, 2.24) is 0 Å². The maximum Gasteiger partial charge on any atom is 0.264 e. The fourth-order valence-electron chi connectivity index (χ4n) is 3.34. The van der Waals surface area contributed by atoms with E-state index in [9.17, 15) is 17.6 Å². The number of carbonyl (C=O) groups is 1. The molecule has 0 bridgehead atoms. The number of hydrogen-bond acceptors (Lipinski definition) is 4. The number of halogens is 1. The highest BCUT2D eigenvalue weighted by molar-refractivity contribution is 7.92. The normalized spacial score (nSPS) is 13.5. The molecular weight excluding hydrogens is 381 g/mol. The average molecular weight is 401 g/mol. The molecule has 6 nitrogen and oxygen atoms in total. The number of para-hydroxylation sites is 1. The first-order chi connectivity index (χ1) is 13.4. The number of aryl methyl sites for hydroxylation is 1. The van der Waals surface area contributed by atoms with Gasteiger partial charge in [-0.1, -0.05) is 18.2 Å². The molecule has 0 radical (unpaired) electrons. The van der Waals surface area contributed by atoms with Crippen LogP contribution in [0.25, 0.3) is 0 Å². The largest absolute Gasteiger partial charge is 0.312 e. The molecule has 0 saturated carbocycles. The first kappa shape index (κ1) is 19.8. The number of nitriles is 1. The van der Waals surface area contributed by atoms with Crippen molar-refractivity contribution in [2.24, 2.45) is 0 Å². The minimum atomic E-state index is -4.13. The van der Waals surface area contributed by atoms with E-state index in [0.717, 1.165) is 22.7 Å². The quantitative estimate of drug-likeness (QED) is 0.770. The van der Waals surface area contributed by atoms with Gasteiger partial charge in [-0.3, -0.25) is 9.10 Å². The molecule has 1 aliphatic heterocycles. The van der Waals surface area contributed by atoms with Crippen molar-refractivity contribution in [2.75, 3.05) is 22.3 Å². The summed E-state index contributed by atoms with van der Waals surface area (Å²) in [6, 6.07) is 12.1. The second-order valence-electron chi connectivity index (χ2n) is 6.50. The van der Waals surface area contributed by atoms with Gasteiger partial charge in [-0.05, 0) is 42.7 Å². The molecule has 0 aromatic heterocycles. The van der Waals surface area contributed by atoms with Gasteiger partial charge in [0.15, 0.2) is 0 Å². The van der Waals surface area contributed by atoms with E-state index in [1.165, 1.54) is 43.3 Å². The first-order valence-corrected chi connectivity index (χ1v) is 10.4. The SMILES string of the molecule is CC(=O)N1CCCc2ccc(S(=O)(=O)N(CCC#N)c3ccccc3F)cc21. The van der Waals surface area contributed by atoms with Crippen LogP contribution in [0.1, 0.15) is 25.3 Å². The molecule has 0 spiro atoms.